The number of benzene rings is 1. The Morgan fingerprint density at radius 3 is 2.86 bits per heavy atom. The highest BCUT2D eigenvalue weighted by molar-refractivity contribution is 7.15. The molecular weight excluding hydrogens is 284 g/mol. The molecular formula is C14H12N6S. The van der Waals surface area contributed by atoms with Crippen LogP contribution in [0.3, 0.4) is 0 Å². The molecule has 4 aromatic rings. The van der Waals surface area contributed by atoms with Gasteiger partial charge in [0, 0.05) is 29.0 Å². The molecule has 0 fully saturated rings. The minimum atomic E-state index is 0.608. The van der Waals surface area contributed by atoms with Crippen LogP contribution in [0.5, 0.6) is 0 Å². The molecule has 0 spiro atoms. The van der Waals surface area contributed by atoms with Gasteiger partial charge in [-0.05, 0) is 24.3 Å². The molecule has 0 radical (unpaired) electrons. The van der Waals surface area contributed by atoms with E-state index in [1.54, 1.807) is 22.3 Å². The van der Waals surface area contributed by atoms with Gasteiger partial charge in [0.1, 0.15) is 6.33 Å². The third-order valence-corrected chi connectivity index (χ3v) is 3.94. The van der Waals surface area contributed by atoms with E-state index in [2.05, 4.69) is 15.1 Å². The van der Waals surface area contributed by atoms with Crippen molar-refractivity contribution in [2.45, 2.75) is 6.54 Å². The molecule has 0 unspecified atom stereocenters. The van der Waals surface area contributed by atoms with Crippen molar-refractivity contribution in [1.29, 1.82) is 0 Å². The van der Waals surface area contributed by atoms with Gasteiger partial charge < -0.3 is 5.73 Å². The first-order chi connectivity index (χ1) is 10.3. The maximum Gasteiger partial charge on any atom is 0.193 e. The summed E-state index contributed by atoms with van der Waals surface area (Å²) >= 11 is 1.62. The molecule has 2 N–H and O–H groups in total. The van der Waals surface area contributed by atoms with E-state index in [1.165, 1.54) is 0 Å². The molecule has 7 heteroatoms. The van der Waals surface area contributed by atoms with Crippen LogP contribution < -0.4 is 5.73 Å². The minimum absolute atomic E-state index is 0.608. The number of hydrogen-bond acceptors (Lipinski definition) is 5. The van der Waals surface area contributed by atoms with Gasteiger partial charge in [0.05, 0.1) is 12.2 Å². The van der Waals surface area contributed by atoms with Crippen molar-refractivity contribution in [3.8, 4) is 11.4 Å². The van der Waals surface area contributed by atoms with Crippen molar-refractivity contribution in [2.24, 2.45) is 0 Å². The second kappa shape index (κ2) is 4.71. The number of nitrogen functional groups attached to an aromatic ring is 1. The topological polar surface area (TPSA) is 74.0 Å². The normalized spacial score (nSPS) is 11.2. The Morgan fingerprint density at radius 1 is 1.19 bits per heavy atom. The first-order valence-electron chi connectivity index (χ1n) is 6.44. The Bertz CT molecular complexity index is 857. The van der Waals surface area contributed by atoms with Gasteiger partial charge in [0.15, 0.2) is 10.8 Å². The summed E-state index contributed by atoms with van der Waals surface area (Å²) in [6.45, 7) is 0.608. The summed E-state index contributed by atoms with van der Waals surface area (Å²) in [6.07, 6.45) is 5.73. The lowest BCUT2D eigenvalue weighted by Gasteiger charge is -1.97. The van der Waals surface area contributed by atoms with Crippen molar-refractivity contribution in [1.82, 2.24) is 24.1 Å². The molecule has 0 aliphatic carbocycles. The first-order valence-corrected chi connectivity index (χ1v) is 7.32. The Hall–Kier alpha value is -2.67. The van der Waals surface area contributed by atoms with Gasteiger partial charge in [-0.3, -0.25) is 4.40 Å². The smallest absolute Gasteiger partial charge is 0.193 e. The monoisotopic (exact) mass is 296 g/mol. The fraction of sp³-hybridized carbons (Fsp3) is 0.0714. The van der Waals surface area contributed by atoms with E-state index in [0.717, 1.165) is 21.9 Å². The zero-order valence-corrected chi connectivity index (χ0v) is 11.9. The Balaban J connectivity index is 1.59. The molecule has 0 bridgehead atoms. The molecule has 1 aromatic carbocycles. The number of thiazole rings is 1. The molecule has 0 atom stereocenters. The molecule has 0 amide bonds. The highest BCUT2D eigenvalue weighted by Crippen LogP contribution is 2.17. The van der Waals surface area contributed by atoms with Crippen LogP contribution in [0.15, 0.2) is 48.4 Å². The summed E-state index contributed by atoms with van der Waals surface area (Å²) in [4.78, 5) is 9.86. The Morgan fingerprint density at radius 2 is 2.05 bits per heavy atom. The molecule has 104 valence electrons. The van der Waals surface area contributed by atoms with E-state index < -0.39 is 0 Å². The summed E-state index contributed by atoms with van der Waals surface area (Å²) < 4.78 is 3.80. The highest BCUT2D eigenvalue weighted by Gasteiger charge is 2.07. The Labute approximate surface area is 124 Å². The predicted octanol–water partition coefficient (Wildman–Crippen LogP) is 2.28. The van der Waals surface area contributed by atoms with E-state index >= 15 is 0 Å². The van der Waals surface area contributed by atoms with Gasteiger partial charge in [-0.15, -0.1) is 11.3 Å². The number of aromatic nitrogens is 5. The third-order valence-electron chi connectivity index (χ3n) is 3.17. The lowest BCUT2D eigenvalue weighted by Crippen LogP contribution is -2.00. The minimum Gasteiger partial charge on any atom is -0.399 e. The van der Waals surface area contributed by atoms with Crippen LogP contribution >= 0.6 is 11.3 Å². The molecule has 4 rings (SSSR count). The highest BCUT2D eigenvalue weighted by atomic mass is 32.1. The largest absolute Gasteiger partial charge is 0.399 e. The number of fused-ring (bicyclic) bond motifs is 1. The van der Waals surface area contributed by atoms with Gasteiger partial charge >= 0.3 is 0 Å². The average Bonchev–Trinajstić information content (AvgIpc) is 3.16. The Kier molecular flexibility index (Phi) is 2.71. The van der Waals surface area contributed by atoms with Crippen molar-refractivity contribution in [3.63, 3.8) is 0 Å². The summed E-state index contributed by atoms with van der Waals surface area (Å²) in [5, 5.41) is 6.49. The number of hydrogen-bond donors (Lipinski definition) is 1. The predicted molar refractivity (Wildman–Crippen MR) is 82.0 cm³/mol. The first kappa shape index (κ1) is 12.1. The molecule has 0 saturated heterocycles. The van der Waals surface area contributed by atoms with Crippen molar-refractivity contribution < 1.29 is 0 Å². The van der Waals surface area contributed by atoms with Crippen LogP contribution in [-0.4, -0.2) is 24.1 Å². The van der Waals surface area contributed by atoms with Gasteiger partial charge in [0.2, 0.25) is 0 Å². The maximum absolute atomic E-state index is 5.68. The fourth-order valence-electron chi connectivity index (χ4n) is 2.15. The van der Waals surface area contributed by atoms with Crippen molar-refractivity contribution in [2.75, 3.05) is 5.73 Å². The van der Waals surface area contributed by atoms with Crippen LogP contribution in [-0.2, 0) is 6.54 Å². The van der Waals surface area contributed by atoms with Crippen LogP contribution in [0.2, 0.25) is 0 Å². The second-order valence-corrected chi connectivity index (χ2v) is 5.59. The van der Waals surface area contributed by atoms with E-state index in [4.69, 9.17) is 5.73 Å². The number of anilines is 1. The van der Waals surface area contributed by atoms with Crippen molar-refractivity contribution >= 4 is 22.0 Å². The van der Waals surface area contributed by atoms with E-state index in [0.29, 0.717) is 12.4 Å². The molecule has 0 aliphatic rings. The number of nitrogens with zero attached hydrogens (tertiary/aromatic N) is 5. The van der Waals surface area contributed by atoms with E-state index in [9.17, 15) is 0 Å². The van der Waals surface area contributed by atoms with Crippen LogP contribution in [0, 0.1) is 0 Å². The molecule has 0 saturated carbocycles. The van der Waals surface area contributed by atoms with Crippen LogP contribution in [0.4, 0.5) is 5.69 Å². The SMILES string of the molecule is Nc1ccc(-c2ncn(Cc3cn4ccsc4n3)n2)cc1. The molecule has 21 heavy (non-hydrogen) atoms. The third kappa shape index (κ3) is 2.27. The molecule has 6 nitrogen and oxygen atoms in total. The second-order valence-electron chi connectivity index (χ2n) is 4.71. The maximum atomic E-state index is 5.68. The van der Waals surface area contributed by atoms with Crippen LogP contribution in [0.25, 0.3) is 16.3 Å². The number of imidazole rings is 1. The number of nitrogens with two attached hydrogens (primary N) is 1. The van der Waals surface area contributed by atoms with E-state index in [1.807, 2.05) is 46.4 Å². The number of rotatable bonds is 3. The van der Waals surface area contributed by atoms with Gasteiger partial charge in [0.25, 0.3) is 0 Å². The average molecular weight is 296 g/mol. The lowest BCUT2D eigenvalue weighted by atomic mass is 10.2. The standard InChI is InChI=1S/C14H12N6S/c15-11-3-1-10(2-4-11)13-16-9-20(18-13)8-12-7-19-5-6-21-14(19)17-12/h1-7,9H,8,15H2. The van der Waals surface area contributed by atoms with Gasteiger partial charge in [-0.2, -0.15) is 5.10 Å². The summed E-state index contributed by atoms with van der Waals surface area (Å²) in [5.41, 5.74) is 8.34. The zero-order chi connectivity index (χ0) is 14.2. The zero-order valence-electron chi connectivity index (χ0n) is 11.0. The quantitative estimate of drug-likeness (QED) is 0.589. The molecule has 3 heterocycles. The molecule has 3 aromatic heterocycles. The fourth-order valence-corrected chi connectivity index (χ4v) is 2.87. The summed E-state index contributed by atoms with van der Waals surface area (Å²) in [5.74, 6) is 0.691. The molecule has 0 aliphatic heterocycles. The van der Waals surface area contributed by atoms with Gasteiger partial charge in [-0.25, -0.2) is 14.6 Å². The summed E-state index contributed by atoms with van der Waals surface area (Å²) in [6, 6.07) is 7.53. The van der Waals surface area contributed by atoms with Crippen molar-refractivity contribution in [3.05, 3.63) is 54.1 Å². The summed E-state index contributed by atoms with van der Waals surface area (Å²) in [7, 11) is 0. The lowest BCUT2D eigenvalue weighted by molar-refractivity contribution is 0.676. The van der Waals surface area contributed by atoms with E-state index in [-0.39, 0.29) is 0 Å². The van der Waals surface area contributed by atoms with Crippen LogP contribution in [0.1, 0.15) is 5.69 Å². The van der Waals surface area contributed by atoms with Gasteiger partial charge in [-0.1, -0.05) is 0 Å².